The molecule has 0 N–H and O–H groups in total. The third kappa shape index (κ3) is 3.86. The number of ether oxygens (including phenoxy) is 1. The van der Waals surface area contributed by atoms with Crippen LogP contribution in [0.3, 0.4) is 0 Å². The maximum atomic E-state index is 12.6. The van der Waals surface area contributed by atoms with Crippen LogP contribution in [-0.2, 0) is 4.74 Å². The first-order valence-corrected chi connectivity index (χ1v) is 8.72. The summed E-state index contributed by atoms with van der Waals surface area (Å²) in [6.45, 7) is 5.01. The maximum Gasteiger partial charge on any atom is 0.293 e. The SMILES string of the molecule is C[C@H]1CN(c2ccc(C(=O)c3ccc(Cl)cc3)cc2[N+](=O)[O-])C[C@H](C)O1. The molecule has 0 aliphatic carbocycles. The van der Waals surface area contributed by atoms with Crippen molar-refractivity contribution in [3.63, 3.8) is 0 Å². The van der Waals surface area contributed by atoms with Gasteiger partial charge >= 0.3 is 0 Å². The Morgan fingerprint density at radius 1 is 1.12 bits per heavy atom. The standard InChI is InChI=1S/C19H19ClN2O4/c1-12-10-21(11-13(2)26-12)17-8-5-15(9-18(17)22(24)25)19(23)14-3-6-16(20)7-4-14/h3-9,12-13H,10-11H2,1-2H3/t12-,13-/m0/s1. The average Bonchev–Trinajstić information content (AvgIpc) is 2.60. The number of anilines is 1. The Kier molecular flexibility index (Phi) is 5.25. The molecule has 0 spiro atoms. The number of benzene rings is 2. The van der Waals surface area contributed by atoms with E-state index in [1.165, 1.54) is 6.07 Å². The molecule has 1 heterocycles. The Bertz CT molecular complexity index is 828. The number of carbonyl (C=O) groups is 1. The molecule has 1 saturated heterocycles. The number of carbonyl (C=O) groups excluding carboxylic acids is 1. The third-order valence-corrected chi connectivity index (χ3v) is 4.55. The number of hydrogen-bond donors (Lipinski definition) is 0. The lowest BCUT2D eigenvalue weighted by Crippen LogP contribution is -2.45. The molecule has 2 atom stereocenters. The van der Waals surface area contributed by atoms with Crippen LogP contribution >= 0.6 is 11.6 Å². The molecule has 3 rings (SSSR count). The second-order valence-corrected chi connectivity index (χ2v) is 6.90. The van der Waals surface area contributed by atoms with Crippen molar-refractivity contribution in [1.82, 2.24) is 0 Å². The largest absolute Gasteiger partial charge is 0.372 e. The van der Waals surface area contributed by atoms with E-state index in [9.17, 15) is 14.9 Å². The van der Waals surface area contributed by atoms with Gasteiger partial charge in [-0.2, -0.15) is 0 Å². The topological polar surface area (TPSA) is 72.7 Å². The van der Waals surface area contributed by atoms with Crippen LogP contribution in [0.4, 0.5) is 11.4 Å². The first-order valence-electron chi connectivity index (χ1n) is 8.34. The van der Waals surface area contributed by atoms with E-state index in [1.54, 1.807) is 36.4 Å². The number of nitro groups is 1. The Labute approximate surface area is 156 Å². The molecule has 0 saturated carbocycles. The van der Waals surface area contributed by atoms with Crippen molar-refractivity contribution in [2.24, 2.45) is 0 Å². The van der Waals surface area contributed by atoms with Gasteiger partial charge in [0.05, 0.1) is 17.1 Å². The van der Waals surface area contributed by atoms with Gasteiger partial charge in [-0.3, -0.25) is 14.9 Å². The van der Waals surface area contributed by atoms with Gasteiger partial charge < -0.3 is 9.64 Å². The molecule has 1 aliphatic heterocycles. The Balaban J connectivity index is 1.95. The fourth-order valence-electron chi connectivity index (χ4n) is 3.22. The summed E-state index contributed by atoms with van der Waals surface area (Å²) in [5, 5.41) is 12.1. The first kappa shape index (κ1) is 18.4. The predicted octanol–water partition coefficient (Wildman–Crippen LogP) is 4.09. The van der Waals surface area contributed by atoms with E-state index in [0.717, 1.165) is 0 Å². The van der Waals surface area contributed by atoms with E-state index in [-0.39, 0.29) is 29.2 Å². The summed E-state index contributed by atoms with van der Waals surface area (Å²) in [6, 6.07) is 11.1. The van der Waals surface area contributed by atoms with Crippen molar-refractivity contribution in [3.05, 3.63) is 68.7 Å². The zero-order valence-corrected chi connectivity index (χ0v) is 15.3. The quantitative estimate of drug-likeness (QED) is 0.457. The maximum absolute atomic E-state index is 12.6. The van der Waals surface area contributed by atoms with E-state index < -0.39 is 4.92 Å². The summed E-state index contributed by atoms with van der Waals surface area (Å²) in [5.74, 6) is -0.278. The molecule has 2 aromatic carbocycles. The third-order valence-electron chi connectivity index (χ3n) is 4.30. The summed E-state index contributed by atoms with van der Waals surface area (Å²) in [5.41, 5.74) is 1.14. The van der Waals surface area contributed by atoms with Crippen LogP contribution in [0.2, 0.25) is 5.02 Å². The Hall–Kier alpha value is -2.44. The highest BCUT2D eigenvalue weighted by molar-refractivity contribution is 6.30. The average molecular weight is 375 g/mol. The summed E-state index contributed by atoms with van der Waals surface area (Å²) in [4.78, 5) is 25.7. The van der Waals surface area contributed by atoms with E-state index >= 15 is 0 Å². The van der Waals surface area contributed by atoms with Gasteiger partial charge in [-0.25, -0.2) is 0 Å². The van der Waals surface area contributed by atoms with Crippen molar-refractivity contribution in [1.29, 1.82) is 0 Å². The van der Waals surface area contributed by atoms with Crippen LogP contribution < -0.4 is 4.90 Å². The van der Waals surface area contributed by atoms with E-state index in [1.807, 2.05) is 18.7 Å². The van der Waals surface area contributed by atoms with Crippen LogP contribution in [0.15, 0.2) is 42.5 Å². The van der Waals surface area contributed by atoms with Crippen LogP contribution in [-0.4, -0.2) is 36.0 Å². The normalized spacial score (nSPS) is 20.0. The predicted molar refractivity (Wildman–Crippen MR) is 100 cm³/mol. The zero-order chi connectivity index (χ0) is 18.8. The molecular formula is C19H19ClN2O4. The molecule has 136 valence electrons. The Morgan fingerprint density at radius 3 is 2.27 bits per heavy atom. The molecule has 1 aliphatic rings. The van der Waals surface area contributed by atoms with E-state index in [2.05, 4.69) is 0 Å². The number of ketones is 1. The summed E-state index contributed by atoms with van der Waals surface area (Å²) < 4.78 is 5.69. The first-order chi connectivity index (χ1) is 12.3. The van der Waals surface area contributed by atoms with Crippen molar-refractivity contribution < 1.29 is 14.5 Å². The summed E-state index contributed by atoms with van der Waals surface area (Å²) >= 11 is 5.84. The molecule has 2 aromatic rings. The molecule has 0 unspecified atom stereocenters. The van der Waals surface area contributed by atoms with Crippen molar-refractivity contribution >= 4 is 28.8 Å². The molecule has 0 radical (unpaired) electrons. The van der Waals surface area contributed by atoms with Gasteiger partial charge in [0, 0.05) is 35.3 Å². The summed E-state index contributed by atoms with van der Waals surface area (Å²) in [6.07, 6.45) is -0.0394. The Morgan fingerprint density at radius 2 is 1.69 bits per heavy atom. The van der Waals surface area contributed by atoms with Gasteiger partial charge in [0.25, 0.3) is 5.69 Å². The molecule has 0 amide bonds. The van der Waals surface area contributed by atoms with E-state index in [4.69, 9.17) is 16.3 Å². The summed E-state index contributed by atoms with van der Waals surface area (Å²) in [7, 11) is 0. The number of halogens is 1. The highest BCUT2D eigenvalue weighted by Gasteiger charge is 2.28. The molecule has 0 bridgehead atoms. The lowest BCUT2D eigenvalue weighted by molar-refractivity contribution is -0.384. The molecule has 0 aromatic heterocycles. The molecule has 6 nitrogen and oxygen atoms in total. The molecular weight excluding hydrogens is 356 g/mol. The number of rotatable bonds is 4. The molecule has 7 heteroatoms. The minimum Gasteiger partial charge on any atom is -0.372 e. The van der Waals surface area contributed by atoms with Crippen molar-refractivity contribution in [2.75, 3.05) is 18.0 Å². The van der Waals surface area contributed by atoms with Crippen LogP contribution in [0, 0.1) is 10.1 Å². The van der Waals surface area contributed by atoms with Crippen LogP contribution in [0.1, 0.15) is 29.8 Å². The second kappa shape index (κ2) is 7.43. The zero-order valence-electron chi connectivity index (χ0n) is 14.5. The molecule has 26 heavy (non-hydrogen) atoms. The van der Waals surface area contributed by atoms with Gasteiger partial charge in [-0.05, 0) is 50.2 Å². The number of hydrogen-bond acceptors (Lipinski definition) is 5. The number of nitrogens with zero attached hydrogens (tertiary/aromatic N) is 2. The van der Waals surface area contributed by atoms with Crippen LogP contribution in [0.25, 0.3) is 0 Å². The highest BCUT2D eigenvalue weighted by atomic mass is 35.5. The van der Waals surface area contributed by atoms with Crippen molar-refractivity contribution in [2.45, 2.75) is 26.1 Å². The van der Waals surface area contributed by atoms with E-state index in [0.29, 0.717) is 29.4 Å². The number of morpholine rings is 1. The fraction of sp³-hybridized carbons (Fsp3) is 0.316. The van der Waals surface area contributed by atoms with Crippen LogP contribution in [0.5, 0.6) is 0 Å². The smallest absolute Gasteiger partial charge is 0.293 e. The minimum absolute atomic E-state index is 0.0197. The monoisotopic (exact) mass is 374 g/mol. The fourth-order valence-corrected chi connectivity index (χ4v) is 3.35. The lowest BCUT2D eigenvalue weighted by atomic mass is 10.0. The van der Waals surface area contributed by atoms with Gasteiger partial charge in [-0.1, -0.05) is 11.6 Å². The van der Waals surface area contributed by atoms with Gasteiger partial charge in [-0.15, -0.1) is 0 Å². The van der Waals surface area contributed by atoms with Gasteiger partial charge in [0.1, 0.15) is 5.69 Å². The van der Waals surface area contributed by atoms with Crippen molar-refractivity contribution in [3.8, 4) is 0 Å². The molecule has 1 fully saturated rings. The minimum atomic E-state index is -0.446. The second-order valence-electron chi connectivity index (χ2n) is 6.46. The highest BCUT2D eigenvalue weighted by Crippen LogP contribution is 2.32. The van der Waals surface area contributed by atoms with Gasteiger partial charge in [0.15, 0.2) is 5.78 Å². The number of nitro benzene ring substituents is 1. The van der Waals surface area contributed by atoms with Gasteiger partial charge in [0.2, 0.25) is 0 Å². The lowest BCUT2D eigenvalue weighted by Gasteiger charge is -2.36.